The summed E-state index contributed by atoms with van der Waals surface area (Å²) in [5.74, 6) is -1.19. The third kappa shape index (κ3) is 4.94. The lowest BCUT2D eigenvalue weighted by atomic mass is 10.2. The van der Waals surface area contributed by atoms with Crippen molar-refractivity contribution < 1.29 is 13.9 Å². The fourth-order valence-corrected chi connectivity index (χ4v) is 3.87. The Morgan fingerprint density at radius 1 is 1.03 bits per heavy atom. The Hall–Kier alpha value is -4.38. The van der Waals surface area contributed by atoms with Crippen LogP contribution in [-0.4, -0.2) is 33.7 Å². The predicted octanol–water partition coefficient (Wildman–Crippen LogP) is 1.30. The number of nitrogens with zero attached hydrogens (tertiary/aromatic N) is 3. The summed E-state index contributed by atoms with van der Waals surface area (Å²) >= 11 is 0. The van der Waals surface area contributed by atoms with Crippen molar-refractivity contribution in [2.45, 2.75) is 26.1 Å². The summed E-state index contributed by atoms with van der Waals surface area (Å²) in [6.07, 6.45) is -0.119. The van der Waals surface area contributed by atoms with Crippen LogP contribution in [0, 0.1) is 0 Å². The molecule has 0 spiro atoms. The minimum absolute atomic E-state index is 0.0289. The number of anilines is 2. The maximum atomic E-state index is 13.5. The van der Waals surface area contributed by atoms with Crippen LogP contribution in [0.15, 0.2) is 73.4 Å². The van der Waals surface area contributed by atoms with E-state index in [9.17, 15) is 19.2 Å². The first-order valence-electron chi connectivity index (χ1n) is 10.9. The van der Waals surface area contributed by atoms with Crippen molar-refractivity contribution in [3.05, 3.63) is 91.5 Å². The number of hydrogen-bond donors (Lipinski definition) is 2. The van der Waals surface area contributed by atoms with Gasteiger partial charge >= 0.3 is 11.4 Å². The molecule has 0 bridgehead atoms. The zero-order valence-electron chi connectivity index (χ0n) is 19.1. The Morgan fingerprint density at radius 2 is 1.74 bits per heavy atom. The van der Waals surface area contributed by atoms with E-state index in [1.54, 1.807) is 36.4 Å². The average Bonchev–Trinajstić information content (AvgIpc) is 3.17. The van der Waals surface area contributed by atoms with E-state index >= 15 is 0 Å². The van der Waals surface area contributed by atoms with Gasteiger partial charge in [0, 0.05) is 20.1 Å². The minimum Gasteiger partial charge on any atom is -0.408 e. The van der Waals surface area contributed by atoms with Crippen LogP contribution in [0.1, 0.15) is 12.0 Å². The fraction of sp³-hybridized carbons (Fsp3) is 0.250. The molecule has 0 fully saturated rings. The van der Waals surface area contributed by atoms with Gasteiger partial charge in [-0.05, 0) is 17.7 Å². The molecule has 0 aliphatic carbocycles. The summed E-state index contributed by atoms with van der Waals surface area (Å²) < 4.78 is 12.8. The maximum absolute atomic E-state index is 13.5. The molecule has 0 aliphatic rings. The van der Waals surface area contributed by atoms with Crippen molar-refractivity contribution in [3.63, 3.8) is 0 Å². The number of hydrogen-bond acceptors (Lipinski definition) is 7. The largest absolute Gasteiger partial charge is 0.419 e. The number of oxazole rings is 1. The normalized spacial score (nSPS) is 11.1. The van der Waals surface area contributed by atoms with Gasteiger partial charge in [-0.15, -0.1) is 0 Å². The Morgan fingerprint density at radius 3 is 2.49 bits per heavy atom. The Labute approximate surface area is 199 Å². The number of para-hydroxylation sites is 2. The SMILES string of the molecule is COCCn1c(N)c(N(Cc2ccccc2)C(=O)CCn2c(=O)oc3ccccc32)c(=O)[nH]c1=O. The number of nitrogens with one attached hydrogen (secondary N) is 1. The molecule has 182 valence electrons. The van der Waals surface area contributed by atoms with Gasteiger partial charge in [0.25, 0.3) is 5.56 Å². The smallest absolute Gasteiger partial charge is 0.408 e. The highest BCUT2D eigenvalue weighted by Gasteiger charge is 2.25. The topological polar surface area (TPSA) is 146 Å². The molecule has 0 radical (unpaired) electrons. The number of amides is 1. The molecular formula is C24H25N5O6. The first kappa shape index (κ1) is 23.8. The Bertz CT molecular complexity index is 1520. The number of aryl methyl sites for hydroxylation is 1. The van der Waals surface area contributed by atoms with Gasteiger partial charge in [-0.25, -0.2) is 9.59 Å². The standard InChI is InChI=1S/C24H25N5O6/c1-34-14-13-28-21(25)20(22(31)26-23(28)32)29(15-16-7-3-2-4-8-16)19(30)11-12-27-17-9-5-6-10-18(17)35-24(27)33/h2-10H,11-15,25H2,1H3,(H,26,31,32). The molecule has 4 rings (SSSR count). The van der Waals surface area contributed by atoms with Gasteiger partial charge < -0.3 is 19.8 Å². The number of rotatable bonds is 9. The number of aromatic amines is 1. The van der Waals surface area contributed by atoms with Gasteiger partial charge in [-0.3, -0.25) is 23.7 Å². The van der Waals surface area contributed by atoms with E-state index < -0.39 is 22.9 Å². The molecular weight excluding hydrogens is 454 g/mol. The third-order valence-corrected chi connectivity index (χ3v) is 5.61. The van der Waals surface area contributed by atoms with Crippen molar-refractivity contribution in [3.8, 4) is 0 Å². The molecule has 11 heteroatoms. The van der Waals surface area contributed by atoms with Gasteiger partial charge in [0.1, 0.15) is 5.82 Å². The van der Waals surface area contributed by atoms with Crippen molar-refractivity contribution in [2.24, 2.45) is 0 Å². The lowest BCUT2D eigenvalue weighted by Crippen LogP contribution is -2.41. The van der Waals surface area contributed by atoms with E-state index in [4.69, 9.17) is 14.9 Å². The number of nitrogens with two attached hydrogens (primary N) is 1. The maximum Gasteiger partial charge on any atom is 0.419 e. The van der Waals surface area contributed by atoms with Crippen LogP contribution in [0.25, 0.3) is 11.1 Å². The predicted molar refractivity (Wildman–Crippen MR) is 130 cm³/mol. The van der Waals surface area contributed by atoms with Crippen LogP contribution in [0.4, 0.5) is 11.5 Å². The number of H-pyrrole nitrogens is 1. The molecule has 11 nitrogen and oxygen atoms in total. The van der Waals surface area contributed by atoms with Crippen LogP contribution in [0.5, 0.6) is 0 Å². The van der Waals surface area contributed by atoms with E-state index in [-0.39, 0.29) is 44.2 Å². The lowest BCUT2D eigenvalue weighted by Gasteiger charge is -2.25. The number of fused-ring (bicyclic) bond motifs is 1. The van der Waals surface area contributed by atoms with Crippen molar-refractivity contribution in [2.75, 3.05) is 24.4 Å². The van der Waals surface area contributed by atoms with Crippen molar-refractivity contribution >= 4 is 28.5 Å². The number of aromatic nitrogens is 3. The summed E-state index contributed by atoms with van der Waals surface area (Å²) in [4.78, 5) is 54.4. The molecule has 0 saturated heterocycles. The van der Waals surface area contributed by atoms with E-state index in [0.29, 0.717) is 11.1 Å². The summed E-state index contributed by atoms with van der Waals surface area (Å²) in [6.45, 7) is 0.338. The Kier molecular flexibility index (Phi) is 6.97. The second-order valence-electron chi connectivity index (χ2n) is 7.84. The van der Waals surface area contributed by atoms with Gasteiger partial charge in [0.05, 0.1) is 25.2 Å². The minimum atomic E-state index is -0.781. The molecule has 2 aromatic carbocycles. The fourth-order valence-electron chi connectivity index (χ4n) is 3.87. The molecule has 0 saturated carbocycles. The van der Waals surface area contributed by atoms with Crippen molar-refractivity contribution in [1.29, 1.82) is 0 Å². The van der Waals surface area contributed by atoms with Crippen LogP contribution in [-0.2, 0) is 29.2 Å². The van der Waals surface area contributed by atoms with Gasteiger partial charge in [0.15, 0.2) is 11.3 Å². The van der Waals surface area contributed by atoms with E-state index in [1.165, 1.54) is 16.6 Å². The molecule has 0 atom stereocenters. The van der Waals surface area contributed by atoms with Gasteiger partial charge in [-0.1, -0.05) is 42.5 Å². The van der Waals surface area contributed by atoms with Crippen LogP contribution < -0.4 is 27.6 Å². The van der Waals surface area contributed by atoms with Crippen molar-refractivity contribution in [1.82, 2.24) is 14.1 Å². The van der Waals surface area contributed by atoms with Gasteiger partial charge in [-0.2, -0.15) is 0 Å². The molecule has 3 N–H and O–H groups in total. The molecule has 2 aromatic heterocycles. The van der Waals surface area contributed by atoms with Crippen LogP contribution in [0.2, 0.25) is 0 Å². The molecule has 4 aromatic rings. The highest BCUT2D eigenvalue weighted by molar-refractivity contribution is 5.95. The first-order chi connectivity index (χ1) is 16.9. The quantitative estimate of drug-likeness (QED) is 0.368. The number of benzene rings is 2. The Balaban J connectivity index is 1.71. The summed E-state index contributed by atoms with van der Waals surface area (Å²) in [6, 6.07) is 16.0. The second kappa shape index (κ2) is 10.3. The number of nitrogen functional groups attached to an aromatic ring is 1. The number of ether oxygens (including phenoxy) is 1. The van der Waals surface area contributed by atoms with Crippen LogP contribution in [0.3, 0.4) is 0 Å². The summed E-state index contributed by atoms with van der Waals surface area (Å²) in [7, 11) is 1.47. The highest BCUT2D eigenvalue weighted by atomic mass is 16.5. The summed E-state index contributed by atoms with van der Waals surface area (Å²) in [5, 5.41) is 0. The number of carbonyl (C=O) groups excluding carboxylic acids is 1. The van der Waals surface area contributed by atoms with E-state index in [1.807, 2.05) is 18.2 Å². The average molecular weight is 479 g/mol. The second-order valence-corrected chi connectivity index (χ2v) is 7.84. The molecule has 2 heterocycles. The monoisotopic (exact) mass is 479 g/mol. The zero-order chi connectivity index (χ0) is 24.9. The van der Waals surface area contributed by atoms with Gasteiger partial charge in [0.2, 0.25) is 5.91 Å². The number of carbonyl (C=O) groups is 1. The first-order valence-corrected chi connectivity index (χ1v) is 10.9. The summed E-state index contributed by atoms with van der Waals surface area (Å²) in [5.41, 5.74) is 6.34. The third-order valence-electron chi connectivity index (χ3n) is 5.61. The molecule has 35 heavy (non-hydrogen) atoms. The number of methoxy groups -OCH3 is 1. The molecule has 0 aliphatic heterocycles. The highest BCUT2D eigenvalue weighted by Crippen LogP contribution is 2.21. The molecule has 0 unspecified atom stereocenters. The van der Waals surface area contributed by atoms with Crippen LogP contribution >= 0.6 is 0 Å². The van der Waals surface area contributed by atoms with E-state index in [0.717, 1.165) is 10.1 Å². The zero-order valence-corrected chi connectivity index (χ0v) is 19.1. The lowest BCUT2D eigenvalue weighted by molar-refractivity contribution is -0.119. The van der Waals surface area contributed by atoms with E-state index in [2.05, 4.69) is 4.98 Å². The molecule has 1 amide bonds.